The van der Waals surface area contributed by atoms with Gasteiger partial charge in [0.2, 0.25) is 0 Å². The Morgan fingerprint density at radius 2 is 0.661 bits per heavy atom. The van der Waals surface area contributed by atoms with Crippen molar-refractivity contribution in [1.29, 1.82) is 0 Å². The third-order valence-corrected chi connectivity index (χ3v) is 12.0. The molecule has 3 aromatic heterocycles. The van der Waals surface area contributed by atoms with Gasteiger partial charge in [-0.2, -0.15) is 0 Å². The molecule has 3 heterocycles. The number of rotatable bonds is 7. The summed E-state index contributed by atoms with van der Waals surface area (Å²) < 4.78 is 4.84. The van der Waals surface area contributed by atoms with Crippen LogP contribution >= 0.6 is 0 Å². The van der Waals surface area contributed by atoms with Gasteiger partial charge in [0.1, 0.15) is 0 Å². The van der Waals surface area contributed by atoms with Gasteiger partial charge in [0.25, 0.3) is 0 Å². The van der Waals surface area contributed by atoms with Gasteiger partial charge in [-0.05, 0) is 89.0 Å². The molecule has 12 aromatic rings. The standard InChI is InChI=1S/C57H37N5/c1-5-16-38(17-6-1)43-30-34-50-47(36-43)48-37-44(39-18-7-2-8-19-39)31-35-51(48)62(50)53-27-15-26-52-54(53)46-24-13-14-25-49(46)61(52)45-32-28-42(29-33-45)57-59-55(40-20-9-3-10-21-40)58-56(60-57)41-22-11-4-12-23-41/h1-37H. The molecule has 0 aliphatic heterocycles. The Morgan fingerprint density at radius 3 is 1.18 bits per heavy atom. The van der Waals surface area contributed by atoms with E-state index in [4.69, 9.17) is 15.0 Å². The highest BCUT2D eigenvalue weighted by atomic mass is 15.0. The number of para-hydroxylation sites is 1. The summed E-state index contributed by atoms with van der Waals surface area (Å²) in [6, 6.07) is 79.4. The van der Waals surface area contributed by atoms with Crippen molar-refractivity contribution in [3.8, 4) is 67.8 Å². The van der Waals surface area contributed by atoms with Gasteiger partial charge in [0.05, 0.1) is 27.8 Å². The van der Waals surface area contributed by atoms with E-state index in [1.807, 2.05) is 60.7 Å². The molecule has 0 saturated carbocycles. The Balaban J connectivity index is 1.03. The molecule has 0 aliphatic rings. The normalized spacial score (nSPS) is 11.5. The SMILES string of the molecule is c1ccc(-c2ccc3c(c2)c2cc(-c4ccccc4)ccc2n3-c2cccc3c2c2ccccc2n3-c2ccc(-c3nc(-c4ccccc4)nc(-c4ccccc4)n3)cc2)cc1. The van der Waals surface area contributed by atoms with Crippen LogP contribution in [0.25, 0.3) is 111 Å². The number of benzene rings is 9. The maximum Gasteiger partial charge on any atom is 0.164 e. The second kappa shape index (κ2) is 14.7. The Labute approximate surface area is 358 Å². The third kappa shape index (κ3) is 5.98. The first kappa shape index (κ1) is 35.5. The molecule has 0 amide bonds. The summed E-state index contributed by atoms with van der Waals surface area (Å²) in [5.41, 5.74) is 14.4. The van der Waals surface area contributed by atoms with Crippen LogP contribution in [0.1, 0.15) is 0 Å². The van der Waals surface area contributed by atoms with E-state index in [0.717, 1.165) is 39.1 Å². The molecule has 0 unspecified atom stereocenters. The fourth-order valence-corrected chi connectivity index (χ4v) is 9.07. The Kier molecular flexibility index (Phi) is 8.42. The van der Waals surface area contributed by atoms with Crippen LogP contribution in [-0.2, 0) is 0 Å². The van der Waals surface area contributed by atoms with E-state index in [-0.39, 0.29) is 0 Å². The second-order valence-electron chi connectivity index (χ2n) is 15.6. The first-order chi connectivity index (χ1) is 30.7. The molecule has 5 heteroatoms. The lowest BCUT2D eigenvalue weighted by Gasteiger charge is -2.12. The molecule has 0 radical (unpaired) electrons. The summed E-state index contributed by atoms with van der Waals surface area (Å²) in [7, 11) is 0. The van der Waals surface area contributed by atoms with Crippen LogP contribution < -0.4 is 0 Å². The fraction of sp³-hybridized carbons (Fsp3) is 0. The smallest absolute Gasteiger partial charge is 0.164 e. The molecule has 0 spiro atoms. The zero-order chi connectivity index (χ0) is 41.0. The molecule has 9 aromatic carbocycles. The molecule has 62 heavy (non-hydrogen) atoms. The van der Waals surface area contributed by atoms with Crippen LogP contribution in [0.15, 0.2) is 224 Å². The van der Waals surface area contributed by atoms with Gasteiger partial charge in [-0.1, -0.05) is 158 Å². The molecule has 0 fully saturated rings. The van der Waals surface area contributed by atoms with E-state index in [9.17, 15) is 0 Å². The van der Waals surface area contributed by atoms with E-state index in [2.05, 4.69) is 173 Å². The summed E-state index contributed by atoms with van der Waals surface area (Å²) in [5, 5.41) is 4.83. The van der Waals surface area contributed by atoms with Gasteiger partial charge in [0, 0.05) is 43.9 Å². The molecular weight excluding hydrogens is 755 g/mol. The monoisotopic (exact) mass is 791 g/mol. The number of hydrogen-bond acceptors (Lipinski definition) is 3. The molecule has 0 bridgehead atoms. The first-order valence-corrected chi connectivity index (χ1v) is 20.9. The van der Waals surface area contributed by atoms with Gasteiger partial charge in [-0.15, -0.1) is 0 Å². The summed E-state index contributed by atoms with van der Waals surface area (Å²) >= 11 is 0. The van der Waals surface area contributed by atoms with Crippen molar-refractivity contribution < 1.29 is 0 Å². The Morgan fingerprint density at radius 1 is 0.258 bits per heavy atom. The van der Waals surface area contributed by atoms with Crippen LogP contribution in [0.3, 0.4) is 0 Å². The predicted molar refractivity (Wildman–Crippen MR) is 256 cm³/mol. The third-order valence-electron chi connectivity index (χ3n) is 12.0. The number of fused-ring (bicyclic) bond motifs is 6. The molecule has 0 aliphatic carbocycles. The maximum absolute atomic E-state index is 4.99. The van der Waals surface area contributed by atoms with Gasteiger partial charge >= 0.3 is 0 Å². The lowest BCUT2D eigenvalue weighted by Crippen LogP contribution is -2.00. The van der Waals surface area contributed by atoms with Crippen LogP contribution in [0, 0.1) is 0 Å². The number of aromatic nitrogens is 5. The minimum atomic E-state index is 0.631. The van der Waals surface area contributed by atoms with Crippen LogP contribution in [0.4, 0.5) is 0 Å². The van der Waals surface area contributed by atoms with Crippen molar-refractivity contribution >= 4 is 43.6 Å². The molecule has 5 nitrogen and oxygen atoms in total. The highest BCUT2D eigenvalue weighted by Crippen LogP contribution is 2.42. The maximum atomic E-state index is 4.99. The van der Waals surface area contributed by atoms with Crippen molar-refractivity contribution in [2.45, 2.75) is 0 Å². The highest BCUT2D eigenvalue weighted by molar-refractivity contribution is 6.17. The zero-order valence-corrected chi connectivity index (χ0v) is 33.6. The average molecular weight is 792 g/mol. The Hall–Kier alpha value is -8.41. The van der Waals surface area contributed by atoms with Crippen LogP contribution in [-0.4, -0.2) is 24.1 Å². The predicted octanol–water partition coefficient (Wildman–Crippen LogP) is 14.4. The van der Waals surface area contributed by atoms with E-state index >= 15 is 0 Å². The van der Waals surface area contributed by atoms with Crippen molar-refractivity contribution in [3.63, 3.8) is 0 Å². The van der Waals surface area contributed by atoms with Crippen molar-refractivity contribution in [2.24, 2.45) is 0 Å². The lowest BCUT2D eigenvalue weighted by atomic mass is 10.0. The first-order valence-electron chi connectivity index (χ1n) is 20.9. The number of nitrogens with zero attached hydrogens (tertiary/aromatic N) is 5. The van der Waals surface area contributed by atoms with Crippen LogP contribution in [0.2, 0.25) is 0 Å². The van der Waals surface area contributed by atoms with E-state index in [1.54, 1.807) is 0 Å². The summed E-state index contributed by atoms with van der Waals surface area (Å²) in [4.78, 5) is 14.9. The van der Waals surface area contributed by atoms with Crippen molar-refractivity contribution in [3.05, 3.63) is 224 Å². The summed E-state index contributed by atoms with van der Waals surface area (Å²) in [6.07, 6.45) is 0. The zero-order valence-electron chi connectivity index (χ0n) is 33.6. The van der Waals surface area contributed by atoms with Gasteiger partial charge in [-0.25, -0.2) is 15.0 Å². The molecule has 0 saturated heterocycles. The molecule has 290 valence electrons. The van der Waals surface area contributed by atoms with E-state index in [0.29, 0.717) is 17.5 Å². The molecular formula is C57H37N5. The average Bonchev–Trinajstić information content (AvgIpc) is 3.87. The van der Waals surface area contributed by atoms with Gasteiger partial charge in [-0.3, -0.25) is 0 Å². The van der Waals surface area contributed by atoms with Gasteiger partial charge in [0.15, 0.2) is 17.5 Å². The minimum absolute atomic E-state index is 0.631. The fourth-order valence-electron chi connectivity index (χ4n) is 9.07. The highest BCUT2D eigenvalue weighted by Gasteiger charge is 2.21. The summed E-state index contributed by atoms with van der Waals surface area (Å²) in [6.45, 7) is 0. The largest absolute Gasteiger partial charge is 0.309 e. The quantitative estimate of drug-likeness (QED) is 0.162. The van der Waals surface area contributed by atoms with E-state index in [1.165, 1.54) is 54.8 Å². The second-order valence-corrected chi connectivity index (χ2v) is 15.6. The number of hydrogen-bond donors (Lipinski definition) is 0. The Bertz CT molecular complexity index is 3440. The minimum Gasteiger partial charge on any atom is -0.309 e. The summed E-state index contributed by atoms with van der Waals surface area (Å²) in [5.74, 6) is 1.92. The van der Waals surface area contributed by atoms with E-state index < -0.39 is 0 Å². The van der Waals surface area contributed by atoms with Crippen LogP contribution in [0.5, 0.6) is 0 Å². The molecule has 0 N–H and O–H groups in total. The lowest BCUT2D eigenvalue weighted by molar-refractivity contribution is 1.07. The molecule has 12 rings (SSSR count). The topological polar surface area (TPSA) is 48.5 Å². The van der Waals surface area contributed by atoms with Crippen molar-refractivity contribution in [2.75, 3.05) is 0 Å². The molecule has 0 atom stereocenters. The van der Waals surface area contributed by atoms with Gasteiger partial charge < -0.3 is 9.13 Å². The van der Waals surface area contributed by atoms with Crippen molar-refractivity contribution in [1.82, 2.24) is 24.1 Å².